The first kappa shape index (κ1) is 11.1. The van der Waals surface area contributed by atoms with Crippen molar-refractivity contribution in [3.8, 4) is 6.07 Å². The lowest BCUT2D eigenvalue weighted by atomic mass is 9.93. The molecule has 2 aliphatic rings. The molecule has 0 N–H and O–H groups in total. The second kappa shape index (κ2) is 4.02. The highest BCUT2D eigenvalue weighted by Crippen LogP contribution is 2.33. The average Bonchev–Trinajstić information content (AvgIpc) is 2.95. The van der Waals surface area contributed by atoms with Gasteiger partial charge >= 0.3 is 0 Å². The molecule has 18 heavy (non-hydrogen) atoms. The summed E-state index contributed by atoms with van der Waals surface area (Å²) in [4.78, 5) is 2.22. The van der Waals surface area contributed by atoms with Gasteiger partial charge in [0.25, 0.3) is 0 Å². The second-order valence-electron chi connectivity index (χ2n) is 5.06. The number of hydrazone groups is 1. The van der Waals surface area contributed by atoms with Crippen LogP contribution in [0.3, 0.4) is 0 Å². The zero-order valence-corrected chi connectivity index (χ0v) is 10.7. The molecule has 92 valence electrons. The van der Waals surface area contributed by atoms with Crippen LogP contribution in [0.15, 0.2) is 17.2 Å². The Balaban J connectivity index is 2.05. The third kappa shape index (κ3) is 1.63. The van der Waals surface area contributed by atoms with Gasteiger partial charge in [0.2, 0.25) is 0 Å². The van der Waals surface area contributed by atoms with Crippen molar-refractivity contribution in [2.24, 2.45) is 5.10 Å². The van der Waals surface area contributed by atoms with E-state index in [-0.39, 0.29) is 5.92 Å². The highest BCUT2D eigenvalue weighted by Gasteiger charge is 2.24. The van der Waals surface area contributed by atoms with E-state index < -0.39 is 0 Å². The molecular formula is C14H16N4. The Morgan fingerprint density at radius 3 is 2.89 bits per heavy atom. The topological polar surface area (TPSA) is 42.6 Å². The lowest BCUT2D eigenvalue weighted by molar-refractivity contribution is 0.381. The summed E-state index contributed by atoms with van der Waals surface area (Å²) in [6.07, 6.45) is 3.02. The zero-order valence-electron chi connectivity index (χ0n) is 10.7. The van der Waals surface area contributed by atoms with Crippen molar-refractivity contribution in [1.82, 2.24) is 5.01 Å². The molecule has 1 unspecified atom stereocenters. The summed E-state index contributed by atoms with van der Waals surface area (Å²) in [7, 11) is 4.04. The molecule has 0 aromatic heterocycles. The van der Waals surface area contributed by atoms with Crippen LogP contribution in [-0.2, 0) is 6.42 Å². The van der Waals surface area contributed by atoms with Crippen molar-refractivity contribution in [1.29, 1.82) is 5.26 Å². The molecule has 0 fully saturated rings. The molecule has 0 amide bonds. The molecule has 0 saturated carbocycles. The summed E-state index contributed by atoms with van der Waals surface area (Å²) >= 11 is 0. The Morgan fingerprint density at radius 1 is 1.39 bits per heavy atom. The van der Waals surface area contributed by atoms with Gasteiger partial charge in [-0.25, -0.2) is 0 Å². The minimum Gasteiger partial charge on any atom is -0.374 e. The lowest BCUT2D eigenvalue weighted by Gasteiger charge is -2.16. The van der Waals surface area contributed by atoms with E-state index in [2.05, 4.69) is 29.2 Å². The quantitative estimate of drug-likeness (QED) is 0.748. The van der Waals surface area contributed by atoms with E-state index in [1.165, 1.54) is 11.3 Å². The van der Waals surface area contributed by atoms with Crippen molar-refractivity contribution < 1.29 is 0 Å². The SMILES string of the molecule is CN1CC(c2cc3c(cc2C#N)N(C)CC3)C=N1. The normalized spacial score (nSPS) is 21.3. The molecule has 2 aliphatic heterocycles. The molecule has 0 saturated heterocycles. The predicted molar refractivity (Wildman–Crippen MR) is 72.0 cm³/mol. The van der Waals surface area contributed by atoms with Gasteiger partial charge in [0.1, 0.15) is 0 Å². The lowest BCUT2D eigenvalue weighted by Crippen LogP contribution is -2.14. The van der Waals surface area contributed by atoms with E-state index >= 15 is 0 Å². The maximum atomic E-state index is 9.34. The number of rotatable bonds is 1. The van der Waals surface area contributed by atoms with Crippen molar-refractivity contribution in [3.05, 3.63) is 28.8 Å². The molecule has 0 aliphatic carbocycles. The Morgan fingerprint density at radius 2 is 2.22 bits per heavy atom. The van der Waals surface area contributed by atoms with Crippen LogP contribution in [0.2, 0.25) is 0 Å². The molecule has 4 nitrogen and oxygen atoms in total. The summed E-state index contributed by atoms with van der Waals surface area (Å²) in [6, 6.07) is 6.56. The summed E-state index contributed by atoms with van der Waals surface area (Å²) < 4.78 is 0. The van der Waals surface area contributed by atoms with Gasteiger partial charge in [-0.1, -0.05) is 6.07 Å². The highest BCUT2D eigenvalue weighted by atomic mass is 15.4. The smallest absolute Gasteiger partial charge is 0.0995 e. The van der Waals surface area contributed by atoms with Crippen LogP contribution in [0.1, 0.15) is 22.6 Å². The first-order valence-corrected chi connectivity index (χ1v) is 6.22. The van der Waals surface area contributed by atoms with Crippen LogP contribution < -0.4 is 4.90 Å². The van der Waals surface area contributed by atoms with Crippen molar-refractivity contribution in [2.75, 3.05) is 32.1 Å². The standard InChI is InChI=1S/C14H16N4/c1-17-4-3-10-5-13(11(7-15)6-14(10)17)12-8-16-18(2)9-12/h5-6,8,12H,3-4,9H2,1-2H3. The van der Waals surface area contributed by atoms with Gasteiger partial charge < -0.3 is 4.90 Å². The van der Waals surface area contributed by atoms with Crippen LogP contribution in [0.4, 0.5) is 5.69 Å². The molecule has 1 atom stereocenters. The fourth-order valence-electron chi connectivity index (χ4n) is 2.77. The summed E-state index contributed by atoms with van der Waals surface area (Å²) in [6.45, 7) is 1.91. The Labute approximate surface area is 107 Å². The largest absolute Gasteiger partial charge is 0.374 e. The number of benzene rings is 1. The van der Waals surface area contributed by atoms with E-state index in [1.807, 2.05) is 24.3 Å². The molecule has 0 spiro atoms. The van der Waals surface area contributed by atoms with Crippen LogP contribution in [0.25, 0.3) is 0 Å². The number of hydrogen-bond donors (Lipinski definition) is 0. The number of nitrogens with zero attached hydrogens (tertiary/aromatic N) is 4. The van der Waals surface area contributed by atoms with Gasteiger partial charge in [-0.15, -0.1) is 0 Å². The van der Waals surface area contributed by atoms with E-state index in [1.54, 1.807) is 0 Å². The summed E-state index contributed by atoms with van der Waals surface area (Å²) in [5.41, 5.74) is 4.47. The Bertz CT molecular complexity index is 556. The fourth-order valence-corrected chi connectivity index (χ4v) is 2.77. The minimum absolute atomic E-state index is 0.251. The maximum absolute atomic E-state index is 9.34. The number of likely N-dealkylation sites (N-methyl/N-ethyl adjacent to an activating group) is 2. The summed E-state index contributed by atoms with van der Waals surface area (Å²) in [5, 5.41) is 15.5. The number of fused-ring (bicyclic) bond motifs is 1. The molecule has 1 aromatic carbocycles. The molecule has 2 heterocycles. The molecule has 0 bridgehead atoms. The van der Waals surface area contributed by atoms with E-state index in [0.29, 0.717) is 0 Å². The molecular weight excluding hydrogens is 224 g/mol. The monoisotopic (exact) mass is 240 g/mol. The van der Waals surface area contributed by atoms with Crippen molar-refractivity contribution in [2.45, 2.75) is 12.3 Å². The Hall–Kier alpha value is -2.02. The first-order chi connectivity index (χ1) is 8.69. The van der Waals surface area contributed by atoms with Gasteiger partial charge in [0.15, 0.2) is 0 Å². The van der Waals surface area contributed by atoms with Gasteiger partial charge in [-0.05, 0) is 23.6 Å². The zero-order chi connectivity index (χ0) is 12.7. The van der Waals surface area contributed by atoms with Crippen molar-refractivity contribution in [3.63, 3.8) is 0 Å². The molecule has 0 radical (unpaired) electrons. The van der Waals surface area contributed by atoms with Crippen LogP contribution in [0.5, 0.6) is 0 Å². The van der Waals surface area contributed by atoms with Gasteiger partial charge in [0.05, 0.1) is 11.6 Å². The third-order valence-electron chi connectivity index (χ3n) is 3.80. The van der Waals surface area contributed by atoms with Gasteiger partial charge in [0, 0.05) is 45.0 Å². The van der Waals surface area contributed by atoms with E-state index in [4.69, 9.17) is 0 Å². The first-order valence-electron chi connectivity index (χ1n) is 6.22. The minimum atomic E-state index is 0.251. The molecule has 3 rings (SSSR count). The Kier molecular flexibility index (Phi) is 2.48. The van der Waals surface area contributed by atoms with Gasteiger partial charge in [-0.2, -0.15) is 10.4 Å². The van der Waals surface area contributed by atoms with Crippen LogP contribution in [0, 0.1) is 11.3 Å². The van der Waals surface area contributed by atoms with Gasteiger partial charge in [-0.3, -0.25) is 5.01 Å². The maximum Gasteiger partial charge on any atom is 0.0995 e. The van der Waals surface area contributed by atoms with E-state index in [9.17, 15) is 5.26 Å². The third-order valence-corrected chi connectivity index (χ3v) is 3.80. The predicted octanol–water partition coefficient (Wildman–Crippen LogP) is 1.57. The highest BCUT2D eigenvalue weighted by molar-refractivity contribution is 5.74. The molecule has 1 aromatic rings. The van der Waals surface area contributed by atoms with Crippen LogP contribution in [-0.4, -0.2) is 38.4 Å². The summed E-state index contributed by atoms with van der Waals surface area (Å²) in [5.74, 6) is 0.251. The number of nitriles is 1. The average molecular weight is 240 g/mol. The van der Waals surface area contributed by atoms with E-state index in [0.717, 1.165) is 30.6 Å². The number of anilines is 1. The fraction of sp³-hybridized carbons (Fsp3) is 0.429. The second-order valence-corrected chi connectivity index (χ2v) is 5.06. The van der Waals surface area contributed by atoms with Crippen molar-refractivity contribution >= 4 is 11.9 Å². The number of hydrogen-bond acceptors (Lipinski definition) is 4. The molecule has 4 heteroatoms. The van der Waals surface area contributed by atoms with Crippen LogP contribution >= 0.6 is 0 Å².